The Morgan fingerprint density at radius 3 is 2.50 bits per heavy atom. The van der Waals surface area contributed by atoms with E-state index >= 15 is 0 Å². The Hall–Kier alpha value is -1.16. The van der Waals surface area contributed by atoms with Crippen molar-refractivity contribution in [3.05, 3.63) is 29.3 Å². The van der Waals surface area contributed by atoms with E-state index in [4.69, 9.17) is 4.74 Å². The normalized spacial score (nSPS) is 12.8. The fourth-order valence-electron chi connectivity index (χ4n) is 1.92. The average molecular weight is 324 g/mol. The molecule has 1 N–H and O–H groups in total. The molecule has 0 saturated heterocycles. The molecule has 4 heteroatoms. The van der Waals surface area contributed by atoms with Crippen LogP contribution in [0, 0.1) is 13.8 Å². The molecular formula is C18H29NO2S. The summed E-state index contributed by atoms with van der Waals surface area (Å²) in [7, 11) is 0. The van der Waals surface area contributed by atoms with Gasteiger partial charge in [-0.2, -0.15) is 11.8 Å². The first kappa shape index (κ1) is 18.9. The molecule has 0 unspecified atom stereocenters. The lowest BCUT2D eigenvalue weighted by molar-refractivity contribution is -0.127. The molecule has 1 aromatic rings. The van der Waals surface area contributed by atoms with Crippen LogP contribution < -0.4 is 10.1 Å². The maximum Gasteiger partial charge on any atom is 0.261 e. The quantitative estimate of drug-likeness (QED) is 0.768. The highest BCUT2D eigenvalue weighted by atomic mass is 32.2. The highest BCUT2D eigenvalue weighted by molar-refractivity contribution is 8.00. The summed E-state index contributed by atoms with van der Waals surface area (Å²) in [6, 6.07) is 5.93. The number of aryl methyl sites for hydroxylation is 2. The minimum absolute atomic E-state index is 0.0322. The summed E-state index contributed by atoms with van der Waals surface area (Å²) in [5.41, 5.74) is 2.40. The number of hydrogen-bond acceptors (Lipinski definition) is 3. The van der Waals surface area contributed by atoms with Crippen LogP contribution in [0.5, 0.6) is 5.75 Å². The van der Waals surface area contributed by atoms with Gasteiger partial charge in [0.2, 0.25) is 0 Å². The first-order chi connectivity index (χ1) is 10.2. The SMILES string of the molecule is CC[C@@H](Oc1ccc(C)c(C)c1)C(=O)NCCSC(C)(C)C. The Morgan fingerprint density at radius 2 is 1.95 bits per heavy atom. The molecule has 3 nitrogen and oxygen atoms in total. The molecule has 0 saturated carbocycles. The van der Waals surface area contributed by atoms with Gasteiger partial charge in [0, 0.05) is 17.0 Å². The summed E-state index contributed by atoms with van der Waals surface area (Å²) in [5.74, 6) is 1.64. The van der Waals surface area contributed by atoms with Crippen LogP contribution in [-0.4, -0.2) is 29.1 Å². The van der Waals surface area contributed by atoms with Crippen LogP contribution in [0.2, 0.25) is 0 Å². The van der Waals surface area contributed by atoms with Gasteiger partial charge >= 0.3 is 0 Å². The molecule has 0 aliphatic heterocycles. The summed E-state index contributed by atoms with van der Waals surface area (Å²) in [5, 5.41) is 2.97. The largest absolute Gasteiger partial charge is 0.481 e. The molecule has 0 heterocycles. The number of benzene rings is 1. The number of amides is 1. The fourth-order valence-corrected chi connectivity index (χ4v) is 2.74. The number of ether oxygens (including phenoxy) is 1. The van der Waals surface area contributed by atoms with Crippen molar-refractivity contribution in [1.82, 2.24) is 5.32 Å². The summed E-state index contributed by atoms with van der Waals surface area (Å²) in [6.07, 6.45) is 0.229. The van der Waals surface area contributed by atoms with Gasteiger partial charge in [-0.05, 0) is 43.5 Å². The third-order valence-electron chi connectivity index (χ3n) is 3.36. The van der Waals surface area contributed by atoms with E-state index in [1.54, 1.807) is 0 Å². The fraction of sp³-hybridized carbons (Fsp3) is 0.611. The minimum atomic E-state index is -0.429. The van der Waals surface area contributed by atoms with E-state index < -0.39 is 6.10 Å². The highest BCUT2D eigenvalue weighted by Crippen LogP contribution is 2.22. The van der Waals surface area contributed by atoms with Gasteiger partial charge in [-0.25, -0.2) is 0 Å². The molecule has 1 rings (SSSR count). The summed E-state index contributed by atoms with van der Waals surface area (Å²) in [6.45, 7) is 13.3. The zero-order chi connectivity index (χ0) is 16.8. The molecule has 22 heavy (non-hydrogen) atoms. The zero-order valence-electron chi connectivity index (χ0n) is 14.7. The Kier molecular flexibility index (Phi) is 7.27. The molecule has 0 fully saturated rings. The van der Waals surface area contributed by atoms with Crippen molar-refractivity contribution in [1.29, 1.82) is 0 Å². The molecule has 124 valence electrons. The van der Waals surface area contributed by atoms with Crippen molar-refractivity contribution >= 4 is 17.7 Å². The van der Waals surface area contributed by atoms with Gasteiger partial charge in [0.1, 0.15) is 5.75 Å². The first-order valence-corrected chi connectivity index (χ1v) is 8.87. The van der Waals surface area contributed by atoms with Crippen LogP contribution in [-0.2, 0) is 4.79 Å². The van der Waals surface area contributed by atoms with Gasteiger partial charge in [0.25, 0.3) is 5.91 Å². The number of nitrogens with one attached hydrogen (secondary N) is 1. The van der Waals surface area contributed by atoms with Crippen LogP contribution in [0.3, 0.4) is 0 Å². The molecule has 0 aliphatic rings. The van der Waals surface area contributed by atoms with E-state index in [9.17, 15) is 4.79 Å². The van der Waals surface area contributed by atoms with Gasteiger partial charge < -0.3 is 10.1 Å². The van der Waals surface area contributed by atoms with E-state index in [-0.39, 0.29) is 10.7 Å². The second kappa shape index (κ2) is 8.47. The molecule has 0 bridgehead atoms. The second-order valence-corrected chi connectivity index (χ2v) is 8.43. The maximum absolute atomic E-state index is 12.2. The summed E-state index contributed by atoms with van der Waals surface area (Å²) < 4.78 is 6.07. The van der Waals surface area contributed by atoms with E-state index in [2.05, 4.69) is 33.0 Å². The Bertz CT molecular complexity index is 494. The van der Waals surface area contributed by atoms with Gasteiger partial charge in [-0.1, -0.05) is 33.8 Å². The predicted molar refractivity (Wildman–Crippen MR) is 95.8 cm³/mol. The lowest BCUT2D eigenvalue weighted by Gasteiger charge is -2.20. The topological polar surface area (TPSA) is 38.3 Å². The molecule has 1 atom stereocenters. The molecular weight excluding hydrogens is 294 g/mol. The van der Waals surface area contributed by atoms with Crippen LogP contribution in [0.4, 0.5) is 0 Å². The van der Waals surface area contributed by atoms with Crippen molar-refractivity contribution in [3.8, 4) is 5.75 Å². The van der Waals surface area contributed by atoms with Crippen LogP contribution >= 0.6 is 11.8 Å². The van der Waals surface area contributed by atoms with Gasteiger partial charge in [-0.15, -0.1) is 0 Å². The Labute approximate surface area is 139 Å². The molecule has 1 aromatic carbocycles. The third-order valence-corrected chi connectivity index (χ3v) is 4.63. The maximum atomic E-state index is 12.2. The highest BCUT2D eigenvalue weighted by Gasteiger charge is 2.18. The first-order valence-electron chi connectivity index (χ1n) is 7.88. The van der Waals surface area contributed by atoms with Crippen molar-refractivity contribution < 1.29 is 9.53 Å². The number of hydrogen-bond donors (Lipinski definition) is 1. The molecule has 0 aliphatic carbocycles. The van der Waals surface area contributed by atoms with E-state index in [1.807, 2.05) is 43.8 Å². The van der Waals surface area contributed by atoms with E-state index in [0.29, 0.717) is 13.0 Å². The zero-order valence-corrected chi connectivity index (χ0v) is 15.5. The summed E-state index contributed by atoms with van der Waals surface area (Å²) >= 11 is 1.85. The Balaban J connectivity index is 2.49. The monoisotopic (exact) mass is 323 g/mol. The molecule has 0 aromatic heterocycles. The van der Waals surface area contributed by atoms with Crippen LogP contribution in [0.1, 0.15) is 45.2 Å². The van der Waals surface area contributed by atoms with Crippen LogP contribution in [0.15, 0.2) is 18.2 Å². The van der Waals surface area contributed by atoms with Crippen molar-refractivity contribution in [2.75, 3.05) is 12.3 Å². The van der Waals surface area contributed by atoms with Crippen LogP contribution in [0.25, 0.3) is 0 Å². The van der Waals surface area contributed by atoms with Crippen molar-refractivity contribution in [2.24, 2.45) is 0 Å². The smallest absolute Gasteiger partial charge is 0.261 e. The van der Waals surface area contributed by atoms with Crippen molar-refractivity contribution in [2.45, 2.75) is 58.8 Å². The molecule has 1 amide bonds. The molecule has 0 radical (unpaired) electrons. The minimum Gasteiger partial charge on any atom is -0.481 e. The second-order valence-electron chi connectivity index (χ2n) is 6.51. The van der Waals surface area contributed by atoms with Gasteiger partial charge in [0.05, 0.1) is 0 Å². The van der Waals surface area contributed by atoms with Gasteiger partial charge in [-0.3, -0.25) is 4.79 Å². The number of carbonyl (C=O) groups excluding carboxylic acids is 1. The standard InChI is InChI=1S/C18H29NO2S/c1-7-16(17(20)19-10-11-22-18(4,5)6)21-15-9-8-13(2)14(3)12-15/h8-9,12,16H,7,10-11H2,1-6H3,(H,19,20)/t16-/m1/s1. The predicted octanol–water partition coefficient (Wildman–Crippen LogP) is 4.11. The number of rotatable bonds is 7. The van der Waals surface area contributed by atoms with E-state index in [1.165, 1.54) is 11.1 Å². The van der Waals surface area contributed by atoms with Crippen molar-refractivity contribution in [3.63, 3.8) is 0 Å². The lowest BCUT2D eigenvalue weighted by Crippen LogP contribution is -2.39. The number of thioether (sulfide) groups is 1. The summed E-state index contributed by atoms with van der Waals surface area (Å²) in [4.78, 5) is 12.2. The van der Waals surface area contributed by atoms with E-state index in [0.717, 1.165) is 11.5 Å². The average Bonchev–Trinajstić information content (AvgIpc) is 2.43. The third kappa shape index (κ3) is 6.73. The number of carbonyl (C=O) groups is 1. The Morgan fingerprint density at radius 1 is 1.27 bits per heavy atom. The lowest BCUT2D eigenvalue weighted by atomic mass is 10.1. The molecule has 0 spiro atoms. The van der Waals surface area contributed by atoms with Gasteiger partial charge in [0.15, 0.2) is 6.10 Å².